The summed E-state index contributed by atoms with van der Waals surface area (Å²) in [4.78, 5) is 28.6. The van der Waals surface area contributed by atoms with Crippen LogP contribution in [-0.4, -0.2) is 29.0 Å². The molecule has 2 aromatic rings. The Kier molecular flexibility index (Phi) is 6.12. The molecule has 0 atom stereocenters. The van der Waals surface area contributed by atoms with Gasteiger partial charge in [-0.2, -0.15) is 0 Å². The number of pyridine rings is 2. The molecule has 0 saturated heterocycles. The number of hydrogen-bond acceptors (Lipinski definition) is 5. The van der Waals surface area contributed by atoms with E-state index >= 15 is 0 Å². The summed E-state index contributed by atoms with van der Waals surface area (Å²) >= 11 is 5.60. The lowest BCUT2D eigenvalue weighted by Gasteiger charge is -1.96. The number of primary amides is 1. The van der Waals surface area contributed by atoms with Crippen LogP contribution in [0, 0.1) is 0 Å². The van der Waals surface area contributed by atoms with Crippen LogP contribution in [0.1, 0.15) is 21.0 Å². The molecule has 0 unspecified atom stereocenters. The Bertz CT molecular complexity index is 590. The van der Waals surface area contributed by atoms with Gasteiger partial charge in [0.1, 0.15) is 11.4 Å². The van der Waals surface area contributed by atoms with E-state index in [2.05, 4.69) is 14.7 Å². The van der Waals surface area contributed by atoms with Crippen molar-refractivity contribution >= 4 is 23.5 Å². The highest BCUT2D eigenvalue weighted by Gasteiger charge is 2.05. The van der Waals surface area contributed by atoms with Crippen molar-refractivity contribution in [3.05, 3.63) is 59.1 Å². The number of carbonyl (C=O) groups excluding carboxylic acids is 2. The predicted molar refractivity (Wildman–Crippen MR) is 73.3 cm³/mol. The van der Waals surface area contributed by atoms with Crippen molar-refractivity contribution in [1.82, 2.24) is 9.97 Å². The number of carbonyl (C=O) groups is 2. The van der Waals surface area contributed by atoms with E-state index in [1.807, 2.05) is 0 Å². The Hall–Kier alpha value is -2.47. The van der Waals surface area contributed by atoms with Crippen molar-refractivity contribution in [1.29, 1.82) is 0 Å². The van der Waals surface area contributed by atoms with Crippen LogP contribution in [0.4, 0.5) is 0 Å². The first-order valence-corrected chi connectivity index (χ1v) is 5.83. The standard InChI is InChI=1S/C7H6ClNO2.C6H6N2O/c1-11-7(10)6-4-5(8)2-3-9-6;7-6(9)5-3-1-2-4-8-5/h2-4H,1H3;1-4H,(H2,7,9). The normalized spacial score (nSPS) is 9.10. The molecule has 0 aliphatic rings. The Morgan fingerprint density at radius 3 is 2.30 bits per heavy atom. The lowest BCUT2D eigenvalue weighted by Crippen LogP contribution is -2.12. The summed E-state index contributed by atoms with van der Waals surface area (Å²) in [5.74, 6) is -0.969. The van der Waals surface area contributed by atoms with E-state index in [4.69, 9.17) is 17.3 Å². The van der Waals surface area contributed by atoms with E-state index in [0.29, 0.717) is 10.7 Å². The number of ether oxygens (including phenoxy) is 1. The highest BCUT2D eigenvalue weighted by Crippen LogP contribution is 2.08. The molecule has 1 amide bonds. The third-order valence-corrected chi connectivity index (χ3v) is 2.27. The number of nitrogens with two attached hydrogens (primary N) is 1. The molecule has 104 valence electrons. The molecule has 0 aromatic carbocycles. The Balaban J connectivity index is 0.000000204. The number of aromatic nitrogens is 2. The number of hydrogen-bond donors (Lipinski definition) is 1. The maximum absolute atomic E-state index is 10.8. The van der Waals surface area contributed by atoms with Crippen LogP contribution in [0.3, 0.4) is 0 Å². The summed E-state index contributed by atoms with van der Waals surface area (Å²) in [7, 11) is 1.30. The van der Waals surface area contributed by atoms with Crippen LogP contribution in [-0.2, 0) is 4.74 Å². The average molecular weight is 294 g/mol. The van der Waals surface area contributed by atoms with E-state index < -0.39 is 11.9 Å². The number of nitrogens with zero attached hydrogens (tertiary/aromatic N) is 2. The fourth-order valence-electron chi connectivity index (χ4n) is 1.13. The number of amides is 1. The van der Waals surface area contributed by atoms with Gasteiger partial charge in [0, 0.05) is 17.4 Å². The molecule has 2 aromatic heterocycles. The molecular formula is C13H12ClN3O3. The fourth-order valence-corrected chi connectivity index (χ4v) is 1.29. The van der Waals surface area contributed by atoms with Crippen LogP contribution in [0.2, 0.25) is 5.02 Å². The third kappa shape index (κ3) is 5.03. The Labute approximate surface area is 120 Å². The largest absolute Gasteiger partial charge is 0.464 e. The molecule has 0 fully saturated rings. The van der Waals surface area contributed by atoms with Gasteiger partial charge in [-0.3, -0.25) is 9.78 Å². The molecule has 7 heteroatoms. The molecule has 0 aliphatic carbocycles. The first kappa shape index (κ1) is 15.6. The number of methoxy groups -OCH3 is 1. The maximum Gasteiger partial charge on any atom is 0.356 e. The van der Waals surface area contributed by atoms with Gasteiger partial charge >= 0.3 is 5.97 Å². The molecule has 0 radical (unpaired) electrons. The van der Waals surface area contributed by atoms with Gasteiger partial charge in [0.15, 0.2) is 0 Å². The van der Waals surface area contributed by atoms with Crippen molar-refractivity contribution in [3.8, 4) is 0 Å². The van der Waals surface area contributed by atoms with Crippen LogP contribution < -0.4 is 5.73 Å². The number of rotatable bonds is 2. The van der Waals surface area contributed by atoms with Crippen molar-refractivity contribution < 1.29 is 14.3 Å². The molecule has 0 saturated carbocycles. The van der Waals surface area contributed by atoms with Gasteiger partial charge in [0.05, 0.1) is 7.11 Å². The minimum Gasteiger partial charge on any atom is -0.464 e. The minimum absolute atomic E-state index is 0.222. The van der Waals surface area contributed by atoms with Gasteiger partial charge in [-0.15, -0.1) is 0 Å². The third-order valence-electron chi connectivity index (χ3n) is 2.03. The highest BCUT2D eigenvalue weighted by molar-refractivity contribution is 6.30. The van der Waals surface area contributed by atoms with Crippen LogP contribution in [0.15, 0.2) is 42.7 Å². The zero-order valence-corrected chi connectivity index (χ0v) is 11.4. The number of halogens is 1. The average Bonchev–Trinajstić information content (AvgIpc) is 2.48. The second-order valence-electron chi connectivity index (χ2n) is 3.43. The van der Waals surface area contributed by atoms with Gasteiger partial charge in [0.25, 0.3) is 5.91 Å². The summed E-state index contributed by atoms with van der Waals surface area (Å²) in [6.07, 6.45) is 2.98. The summed E-state index contributed by atoms with van der Waals surface area (Å²) in [6.45, 7) is 0. The second-order valence-corrected chi connectivity index (χ2v) is 3.87. The topological polar surface area (TPSA) is 95.2 Å². The monoisotopic (exact) mass is 293 g/mol. The molecule has 2 N–H and O–H groups in total. The first-order valence-electron chi connectivity index (χ1n) is 5.45. The molecule has 2 rings (SSSR count). The zero-order valence-electron chi connectivity index (χ0n) is 10.6. The van der Waals surface area contributed by atoms with E-state index in [-0.39, 0.29) is 5.69 Å². The summed E-state index contributed by atoms with van der Waals surface area (Å²) < 4.78 is 4.43. The molecule has 0 bridgehead atoms. The van der Waals surface area contributed by atoms with Gasteiger partial charge in [-0.05, 0) is 24.3 Å². The summed E-state index contributed by atoms with van der Waals surface area (Å²) in [5.41, 5.74) is 5.44. The number of esters is 1. The molecule has 20 heavy (non-hydrogen) atoms. The summed E-state index contributed by atoms with van der Waals surface area (Å²) in [5, 5.41) is 0.473. The van der Waals surface area contributed by atoms with Gasteiger partial charge in [0.2, 0.25) is 0 Å². The zero-order chi connectivity index (χ0) is 15.0. The molecule has 0 spiro atoms. The molecule has 2 heterocycles. The molecule has 0 aliphatic heterocycles. The quantitative estimate of drug-likeness (QED) is 0.850. The predicted octanol–water partition coefficient (Wildman–Crippen LogP) is 1.70. The second kappa shape index (κ2) is 7.85. The Morgan fingerprint density at radius 1 is 1.15 bits per heavy atom. The van der Waals surface area contributed by atoms with Crippen molar-refractivity contribution in [2.24, 2.45) is 5.73 Å². The summed E-state index contributed by atoms with van der Waals surface area (Å²) in [6, 6.07) is 8.06. The van der Waals surface area contributed by atoms with Crippen molar-refractivity contribution in [3.63, 3.8) is 0 Å². The first-order chi connectivity index (χ1) is 9.54. The van der Waals surface area contributed by atoms with Gasteiger partial charge in [-0.1, -0.05) is 17.7 Å². The van der Waals surface area contributed by atoms with Crippen LogP contribution >= 0.6 is 11.6 Å². The van der Waals surface area contributed by atoms with Gasteiger partial charge < -0.3 is 10.5 Å². The van der Waals surface area contributed by atoms with E-state index in [0.717, 1.165) is 0 Å². The maximum atomic E-state index is 10.8. The van der Waals surface area contributed by atoms with Crippen LogP contribution in [0.5, 0.6) is 0 Å². The molecule has 6 nitrogen and oxygen atoms in total. The highest BCUT2D eigenvalue weighted by atomic mass is 35.5. The van der Waals surface area contributed by atoms with E-state index in [1.165, 1.54) is 25.6 Å². The lowest BCUT2D eigenvalue weighted by molar-refractivity contribution is 0.0594. The fraction of sp³-hybridized carbons (Fsp3) is 0.0769. The van der Waals surface area contributed by atoms with Crippen molar-refractivity contribution in [2.45, 2.75) is 0 Å². The van der Waals surface area contributed by atoms with Crippen molar-refractivity contribution in [2.75, 3.05) is 7.11 Å². The minimum atomic E-state index is -0.490. The van der Waals surface area contributed by atoms with E-state index in [1.54, 1.807) is 24.3 Å². The van der Waals surface area contributed by atoms with Crippen LogP contribution in [0.25, 0.3) is 0 Å². The lowest BCUT2D eigenvalue weighted by atomic mass is 10.3. The van der Waals surface area contributed by atoms with Gasteiger partial charge in [-0.25, -0.2) is 9.78 Å². The SMILES string of the molecule is COC(=O)c1cc(Cl)ccn1.NC(=O)c1ccccn1. The Morgan fingerprint density at radius 2 is 1.85 bits per heavy atom. The van der Waals surface area contributed by atoms with E-state index in [9.17, 15) is 9.59 Å². The molecular weight excluding hydrogens is 282 g/mol. The smallest absolute Gasteiger partial charge is 0.356 e.